The smallest absolute Gasteiger partial charge is 0.0555 e. The fourth-order valence-electron chi connectivity index (χ4n) is 4.11. The molecule has 2 aromatic heterocycles. The van der Waals surface area contributed by atoms with Crippen molar-refractivity contribution in [2.75, 3.05) is 5.32 Å². The van der Waals surface area contributed by atoms with E-state index in [9.17, 15) is 0 Å². The topological polar surface area (TPSA) is 27.8 Å². The Morgan fingerprint density at radius 2 is 1.78 bits per heavy atom. The number of aromatic amines is 1. The maximum Gasteiger partial charge on any atom is 0.0555 e. The minimum atomic E-state index is 0.368. The Bertz CT molecular complexity index is 1270. The Labute approximate surface area is 161 Å². The number of para-hydroxylation sites is 1. The van der Waals surface area contributed by atoms with E-state index in [1.165, 1.54) is 48.2 Å². The van der Waals surface area contributed by atoms with E-state index in [1.54, 1.807) is 0 Å². The third-order valence-electron chi connectivity index (χ3n) is 5.56. The van der Waals surface area contributed by atoms with Crippen LogP contribution >= 0.6 is 11.3 Å². The molecule has 130 valence electrons. The van der Waals surface area contributed by atoms with E-state index in [4.69, 9.17) is 0 Å². The molecule has 6 rings (SSSR count). The molecular formula is C24H18N2S. The average molecular weight is 366 g/mol. The van der Waals surface area contributed by atoms with Gasteiger partial charge in [-0.25, -0.2) is 0 Å². The minimum Gasteiger partial charge on any atom is -0.378 e. The van der Waals surface area contributed by atoms with Crippen LogP contribution < -0.4 is 5.32 Å². The minimum absolute atomic E-state index is 0.368. The number of hydrogen-bond donors (Lipinski definition) is 2. The summed E-state index contributed by atoms with van der Waals surface area (Å²) in [7, 11) is 0. The molecule has 3 heterocycles. The molecule has 2 nitrogen and oxygen atoms in total. The molecule has 0 amide bonds. The summed E-state index contributed by atoms with van der Waals surface area (Å²) in [5.74, 6) is 0. The Balaban J connectivity index is 1.37. The lowest BCUT2D eigenvalue weighted by atomic mass is 10.0. The monoisotopic (exact) mass is 366 g/mol. The second-order valence-electron chi connectivity index (χ2n) is 7.25. The van der Waals surface area contributed by atoms with E-state index < -0.39 is 0 Å². The molecule has 0 fully saturated rings. The first-order valence-electron chi connectivity index (χ1n) is 9.29. The standard InChI is InChI=1S/C24H18N2S/c1-2-4-20-16(3-1)11-22(26-20)17-6-8-19-14-24(27-23(19)13-17)18-7-5-15-9-10-25-21(15)12-18/h1-10,12-14,22,25-26H,11H2. The van der Waals surface area contributed by atoms with Gasteiger partial charge in [0.05, 0.1) is 6.04 Å². The molecule has 0 radical (unpaired) electrons. The number of nitrogens with one attached hydrogen (secondary N) is 2. The van der Waals surface area contributed by atoms with Gasteiger partial charge in [-0.2, -0.15) is 0 Å². The maximum atomic E-state index is 3.67. The van der Waals surface area contributed by atoms with Gasteiger partial charge in [0.25, 0.3) is 0 Å². The number of anilines is 1. The molecule has 1 aliphatic heterocycles. The number of fused-ring (bicyclic) bond motifs is 3. The summed E-state index contributed by atoms with van der Waals surface area (Å²) >= 11 is 1.88. The zero-order valence-corrected chi connectivity index (χ0v) is 15.5. The van der Waals surface area contributed by atoms with Gasteiger partial charge in [-0.05, 0) is 64.2 Å². The van der Waals surface area contributed by atoms with Gasteiger partial charge in [-0.1, -0.05) is 42.5 Å². The van der Waals surface area contributed by atoms with Crippen molar-refractivity contribution in [3.63, 3.8) is 0 Å². The summed E-state index contributed by atoms with van der Waals surface area (Å²) in [6.07, 6.45) is 3.06. The van der Waals surface area contributed by atoms with Crippen LogP contribution in [-0.2, 0) is 6.42 Å². The number of rotatable bonds is 2. The number of aromatic nitrogens is 1. The highest BCUT2D eigenvalue weighted by Crippen LogP contribution is 2.38. The molecule has 0 saturated carbocycles. The summed E-state index contributed by atoms with van der Waals surface area (Å²) in [4.78, 5) is 4.64. The summed E-state index contributed by atoms with van der Waals surface area (Å²) in [6, 6.07) is 27.0. The third-order valence-corrected chi connectivity index (χ3v) is 6.70. The van der Waals surface area contributed by atoms with E-state index >= 15 is 0 Å². The molecule has 0 bridgehead atoms. The molecule has 1 atom stereocenters. The zero-order chi connectivity index (χ0) is 17.8. The maximum absolute atomic E-state index is 3.67. The number of H-pyrrole nitrogens is 1. The average Bonchev–Trinajstić information content (AvgIpc) is 3.42. The number of hydrogen-bond acceptors (Lipinski definition) is 2. The van der Waals surface area contributed by atoms with Crippen molar-refractivity contribution in [2.45, 2.75) is 12.5 Å². The van der Waals surface area contributed by atoms with Crippen LogP contribution in [0.2, 0.25) is 0 Å². The lowest BCUT2D eigenvalue weighted by Gasteiger charge is -2.11. The van der Waals surface area contributed by atoms with Gasteiger partial charge in [-0.15, -0.1) is 11.3 Å². The van der Waals surface area contributed by atoms with Crippen LogP contribution in [0.15, 0.2) is 79.0 Å². The van der Waals surface area contributed by atoms with Crippen molar-refractivity contribution in [1.82, 2.24) is 4.98 Å². The molecule has 5 aromatic rings. The second-order valence-corrected chi connectivity index (χ2v) is 8.33. The molecule has 0 spiro atoms. The van der Waals surface area contributed by atoms with E-state index in [2.05, 4.69) is 83.1 Å². The van der Waals surface area contributed by atoms with Crippen molar-refractivity contribution in [3.05, 3.63) is 90.1 Å². The third kappa shape index (κ3) is 2.47. The Morgan fingerprint density at radius 3 is 2.74 bits per heavy atom. The largest absolute Gasteiger partial charge is 0.378 e. The predicted molar refractivity (Wildman–Crippen MR) is 116 cm³/mol. The van der Waals surface area contributed by atoms with Crippen LogP contribution in [-0.4, -0.2) is 4.98 Å². The highest BCUT2D eigenvalue weighted by atomic mass is 32.1. The summed E-state index contributed by atoms with van der Waals surface area (Å²) in [5.41, 5.74) is 6.52. The molecule has 27 heavy (non-hydrogen) atoms. The highest BCUT2D eigenvalue weighted by molar-refractivity contribution is 7.22. The van der Waals surface area contributed by atoms with E-state index in [1.807, 2.05) is 17.5 Å². The summed E-state index contributed by atoms with van der Waals surface area (Å²) < 4.78 is 1.35. The van der Waals surface area contributed by atoms with Crippen LogP contribution in [0.1, 0.15) is 17.2 Å². The zero-order valence-electron chi connectivity index (χ0n) is 14.7. The molecule has 0 saturated heterocycles. The SMILES string of the molecule is c1ccc2c(c1)CC(c1ccc3cc(-c4ccc5cc[nH]c5c4)sc3c1)N2. The van der Waals surface area contributed by atoms with Gasteiger partial charge in [0.2, 0.25) is 0 Å². The lowest BCUT2D eigenvalue weighted by Crippen LogP contribution is -2.05. The second kappa shape index (κ2) is 5.73. The van der Waals surface area contributed by atoms with Gasteiger partial charge in [0, 0.05) is 27.0 Å². The fraction of sp³-hybridized carbons (Fsp3) is 0.0833. The van der Waals surface area contributed by atoms with Crippen molar-refractivity contribution in [1.29, 1.82) is 0 Å². The molecule has 1 aliphatic rings. The van der Waals surface area contributed by atoms with Gasteiger partial charge in [0.1, 0.15) is 0 Å². The molecule has 3 heteroatoms. The van der Waals surface area contributed by atoms with E-state index in [0.29, 0.717) is 6.04 Å². The lowest BCUT2D eigenvalue weighted by molar-refractivity contribution is 0.826. The van der Waals surface area contributed by atoms with Crippen LogP contribution in [0.4, 0.5) is 5.69 Å². The van der Waals surface area contributed by atoms with Crippen molar-refractivity contribution in [3.8, 4) is 10.4 Å². The van der Waals surface area contributed by atoms with Crippen LogP contribution in [0.5, 0.6) is 0 Å². The molecule has 1 unspecified atom stereocenters. The fourth-order valence-corrected chi connectivity index (χ4v) is 5.21. The van der Waals surface area contributed by atoms with Crippen LogP contribution in [0.3, 0.4) is 0 Å². The van der Waals surface area contributed by atoms with E-state index in [-0.39, 0.29) is 0 Å². The normalized spacial score (nSPS) is 15.9. The Morgan fingerprint density at radius 1 is 0.852 bits per heavy atom. The predicted octanol–water partition coefficient (Wildman–Crippen LogP) is 6.76. The highest BCUT2D eigenvalue weighted by Gasteiger charge is 2.21. The quantitative estimate of drug-likeness (QED) is 0.355. The van der Waals surface area contributed by atoms with Crippen molar-refractivity contribution in [2.24, 2.45) is 0 Å². The molecule has 0 aliphatic carbocycles. The van der Waals surface area contributed by atoms with Crippen molar-refractivity contribution < 1.29 is 0 Å². The number of thiophene rings is 1. The Kier molecular flexibility index (Phi) is 3.20. The number of benzene rings is 3. The van der Waals surface area contributed by atoms with Crippen molar-refractivity contribution >= 4 is 38.0 Å². The first-order valence-corrected chi connectivity index (χ1v) is 10.1. The van der Waals surface area contributed by atoms with Crippen LogP contribution in [0.25, 0.3) is 31.4 Å². The van der Waals surface area contributed by atoms with E-state index in [0.717, 1.165) is 6.42 Å². The summed E-state index contributed by atoms with van der Waals surface area (Å²) in [5, 5.41) is 6.25. The van der Waals surface area contributed by atoms with Crippen LogP contribution in [0, 0.1) is 0 Å². The van der Waals surface area contributed by atoms with Gasteiger partial charge in [0.15, 0.2) is 0 Å². The van der Waals surface area contributed by atoms with Gasteiger partial charge in [-0.3, -0.25) is 0 Å². The first-order chi connectivity index (χ1) is 13.3. The molecule has 3 aromatic carbocycles. The van der Waals surface area contributed by atoms with Gasteiger partial charge < -0.3 is 10.3 Å². The Hall–Kier alpha value is -3.04. The summed E-state index contributed by atoms with van der Waals surface area (Å²) in [6.45, 7) is 0. The van der Waals surface area contributed by atoms with Gasteiger partial charge >= 0.3 is 0 Å². The molecule has 2 N–H and O–H groups in total. The first kappa shape index (κ1) is 15.1. The molecular weight excluding hydrogens is 348 g/mol.